The molecule has 10 atom stereocenters. The number of likely N-dealkylation sites (N-methyl/N-ethyl adjacent to an activating group) is 1. The highest BCUT2D eigenvalue weighted by Gasteiger charge is 2.80. The van der Waals surface area contributed by atoms with E-state index in [9.17, 15) is 19.5 Å². The van der Waals surface area contributed by atoms with Gasteiger partial charge in [0.05, 0.1) is 32.9 Å². The Hall–Kier alpha value is -5.41. The standard InChI is InChI=1S/C53H62ClN5O9/c1-8-49(56-43(61)33-15-17-34(54)18-16-33)27-32-28-52(47(62)66-6,42-36(19-23-58(29-32)30-49)35-13-10-11-14-39(35)55-42)38-25-37-40(26-41(38)65-5)57(4)45-51(37)21-24-59-22-12-20-50(9-2,44(51)59)46(68-31(3)60)53(45,64)48(63)67-7/h10-18,20,25-26,32,44-46,55,64H,8-9,19,21-24,27-30H2,1-7H3,(H,56,61)/t32-,44+,45-,46-,49+,50-,51-,52+,53+/m1/s1. The number of halogens is 1. The van der Waals surface area contributed by atoms with Crippen molar-refractivity contribution in [3.8, 4) is 5.75 Å². The van der Waals surface area contributed by atoms with E-state index >= 15 is 4.79 Å². The summed E-state index contributed by atoms with van der Waals surface area (Å²) >= 11 is 6.22. The number of carbonyl (C=O) groups excluding carboxylic acids is 4. The molecule has 360 valence electrons. The van der Waals surface area contributed by atoms with Crippen LogP contribution in [0.5, 0.6) is 5.75 Å². The Morgan fingerprint density at radius 3 is 2.37 bits per heavy atom. The van der Waals surface area contributed by atoms with Gasteiger partial charge >= 0.3 is 17.9 Å². The van der Waals surface area contributed by atoms with Crippen molar-refractivity contribution in [3.05, 3.63) is 106 Å². The van der Waals surface area contributed by atoms with Crippen molar-refractivity contribution in [1.29, 1.82) is 0 Å². The van der Waals surface area contributed by atoms with Crippen LogP contribution in [0, 0.1) is 11.3 Å². The van der Waals surface area contributed by atoms with Crippen molar-refractivity contribution >= 4 is 52.0 Å². The van der Waals surface area contributed by atoms with Crippen molar-refractivity contribution in [2.45, 2.75) is 99.5 Å². The van der Waals surface area contributed by atoms with Crippen molar-refractivity contribution < 1.29 is 43.2 Å². The number of nitrogens with zero attached hydrogens (tertiary/aromatic N) is 3. The number of aromatic nitrogens is 1. The fourth-order valence-electron chi connectivity index (χ4n) is 14.6. The number of rotatable bonds is 9. The van der Waals surface area contributed by atoms with Crippen LogP contribution in [0.15, 0.2) is 72.8 Å². The van der Waals surface area contributed by atoms with Gasteiger partial charge in [0.15, 0.2) is 6.10 Å². The van der Waals surface area contributed by atoms with Crippen LogP contribution < -0.4 is 15.0 Å². The molecule has 1 unspecified atom stereocenters. The zero-order valence-electron chi connectivity index (χ0n) is 39.9. The van der Waals surface area contributed by atoms with E-state index in [0.29, 0.717) is 93.1 Å². The quantitative estimate of drug-likeness (QED) is 0.101. The molecule has 1 aliphatic carbocycles. The van der Waals surface area contributed by atoms with Gasteiger partial charge in [0, 0.05) is 102 Å². The number of amides is 1. The van der Waals surface area contributed by atoms with E-state index in [2.05, 4.69) is 45.2 Å². The molecule has 1 amide bonds. The molecule has 3 aromatic carbocycles. The molecular weight excluding hydrogens is 886 g/mol. The van der Waals surface area contributed by atoms with E-state index in [4.69, 9.17) is 30.5 Å². The van der Waals surface area contributed by atoms with E-state index in [1.54, 1.807) is 31.4 Å². The average Bonchev–Trinajstić information content (AvgIpc) is 4.00. The number of H-pyrrole nitrogens is 1. The average molecular weight is 949 g/mol. The molecule has 2 bridgehead atoms. The van der Waals surface area contributed by atoms with Gasteiger partial charge in [-0.25, -0.2) is 4.79 Å². The highest BCUT2D eigenvalue weighted by Crippen LogP contribution is 2.68. The third-order valence-corrected chi connectivity index (χ3v) is 17.4. The van der Waals surface area contributed by atoms with E-state index < -0.39 is 57.4 Å². The van der Waals surface area contributed by atoms with Gasteiger partial charge in [-0.3, -0.25) is 19.3 Å². The molecule has 6 heterocycles. The maximum absolute atomic E-state index is 15.7. The lowest BCUT2D eigenvalue weighted by molar-refractivity contribution is -0.228. The lowest BCUT2D eigenvalue weighted by Crippen LogP contribution is -2.81. The second-order valence-corrected chi connectivity index (χ2v) is 20.7. The van der Waals surface area contributed by atoms with Crippen molar-refractivity contribution in [2.75, 3.05) is 66.0 Å². The Balaban J connectivity index is 1.22. The van der Waals surface area contributed by atoms with E-state index in [1.807, 2.05) is 49.2 Å². The van der Waals surface area contributed by atoms with Gasteiger partial charge < -0.3 is 44.2 Å². The van der Waals surface area contributed by atoms with Crippen molar-refractivity contribution in [3.63, 3.8) is 0 Å². The van der Waals surface area contributed by atoms with Gasteiger partial charge in [-0.2, -0.15) is 0 Å². The normalized spacial score (nSPS) is 33.5. The maximum Gasteiger partial charge on any atom is 0.344 e. The minimum absolute atomic E-state index is 0.140. The number of esters is 3. The lowest BCUT2D eigenvalue weighted by Gasteiger charge is -2.63. The number of hydrogen-bond donors (Lipinski definition) is 3. The lowest BCUT2D eigenvalue weighted by atomic mass is 9.47. The number of anilines is 1. The van der Waals surface area contributed by atoms with Crippen LogP contribution in [0.1, 0.15) is 85.6 Å². The van der Waals surface area contributed by atoms with Crippen LogP contribution in [0.25, 0.3) is 10.9 Å². The summed E-state index contributed by atoms with van der Waals surface area (Å²) in [5, 5.41) is 18.5. The van der Waals surface area contributed by atoms with E-state index in [1.165, 1.54) is 21.1 Å². The van der Waals surface area contributed by atoms with Crippen LogP contribution in [0.3, 0.4) is 0 Å². The first-order chi connectivity index (χ1) is 32.6. The summed E-state index contributed by atoms with van der Waals surface area (Å²) in [6, 6.07) is 17.8. The van der Waals surface area contributed by atoms with Crippen LogP contribution in [0.2, 0.25) is 5.02 Å². The monoisotopic (exact) mass is 947 g/mol. The number of nitrogens with one attached hydrogen (secondary N) is 2. The molecule has 10 rings (SSSR count). The number of aromatic amines is 1. The number of benzene rings is 3. The number of hydrogen-bond acceptors (Lipinski definition) is 12. The smallest absolute Gasteiger partial charge is 0.344 e. The number of piperidine rings is 1. The summed E-state index contributed by atoms with van der Waals surface area (Å²) in [6.45, 7) is 8.67. The summed E-state index contributed by atoms with van der Waals surface area (Å²) in [5.74, 6) is -1.86. The second-order valence-electron chi connectivity index (χ2n) is 20.2. The van der Waals surface area contributed by atoms with Gasteiger partial charge in [-0.05, 0) is 98.5 Å². The molecule has 0 radical (unpaired) electrons. The highest BCUT2D eigenvalue weighted by atomic mass is 35.5. The van der Waals surface area contributed by atoms with Gasteiger partial charge in [0.25, 0.3) is 5.91 Å². The number of ether oxygens (including phenoxy) is 4. The van der Waals surface area contributed by atoms with Gasteiger partial charge in [-0.15, -0.1) is 0 Å². The molecule has 3 N–H and O–H groups in total. The molecule has 2 saturated heterocycles. The first-order valence-corrected chi connectivity index (χ1v) is 24.3. The summed E-state index contributed by atoms with van der Waals surface area (Å²) < 4.78 is 24.2. The third-order valence-electron chi connectivity index (χ3n) is 17.1. The van der Waals surface area contributed by atoms with Crippen molar-refractivity contribution in [1.82, 2.24) is 20.1 Å². The predicted molar refractivity (Wildman–Crippen MR) is 257 cm³/mol. The first kappa shape index (κ1) is 46.3. The highest BCUT2D eigenvalue weighted by molar-refractivity contribution is 6.30. The van der Waals surface area contributed by atoms with Crippen molar-refractivity contribution in [2.24, 2.45) is 11.3 Å². The minimum atomic E-state index is -2.33. The minimum Gasteiger partial charge on any atom is -0.496 e. The van der Waals surface area contributed by atoms with Crippen LogP contribution in [-0.2, 0) is 45.8 Å². The fraction of sp³-hybridized carbons (Fsp3) is 0.509. The molecule has 1 saturated carbocycles. The summed E-state index contributed by atoms with van der Waals surface area (Å²) in [5.41, 5.74) is -1.11. The van der Waals surface area contributed by atoms with Gasteiger partial charge in [-0.1, -0.05) is 55.8 Å². The number of fused-ring (bicyclic) bond motifs is 6. The van der Waals surface area contributed by atoms with Crippen LogP contribution >= 0.6 is 11.6 Å². The molecule has 1 spiro atoms. The maximum atomic E-state index is 15.7. The second kappa shape index (κ2) is 16.6. The fourth-order valence-corrected chi connectivity index (χ4v) is 14.8. The first-order valence-electron chi connectivity index (χ1n) is 24.0. The van der Waals surface area contributed by atoms with Gasteiger partial charge in [0.1, 0.15) is 11.2 Å². The molecular formula is C53H62ClN5O9. The summed E-state index contributed by atoms with van der Waals surface area (Å²) in [7, 11) is 6.15. The van der Waals surface area contributed by atoms with E-state index in [0.717, 1.165) is 33.4 Å². The molecule has 3 fully saturated rings. The van der Waals surface area contributed by atoms with E-state index in [-0.39, 0.29) is 17.9 Å². The Morgan fingerprint density at radius 2 is 1.68 bits per heavy atom. The topological polar surface area (TPSA) is 163 Å². The Labute approximate surface area is 402 Å². The number of carbonyl (C=O) groups is 4. The Kier molecular flexibility index (Phi) is 11.3. The number of para-hydroxylation sites is 1. The Bertz CT molecular complexity index is 2740. The molecule has 15 heteroatoms. The predicted octanol–water partition coefficient (Wildman–Crippen LogP) is 6.08. The zero-order chi connectivity index (χ0) is 48.1. The summed E-state index contributed by atoms with van der Waals surface area (Å²) in [4.78, 5) is 68.0. The number of methoxy groups -OCH3 is 3. The Morgan fingerprint density at radius 1 is 0.926 bits per heavy atom. The van der Waals surface area contributed by atoms with Gasteiger partial charge in [0.2, 0.25) is 5.60 Å². The molecule has 6 aliphatic rings. The zero-order valence-corrected chi connectivity index (χ0v) is 40.7. The SMILES string of the molecule is CC[C@]1(NC(=O)c2ccc(Cl)cc2)C[C@H]2CN(CCc3c([nH]c4ccccc34)[C@@](C(=O)OC)(c3cc4c(cc3OC)N(C)[C@H]3[C@@](O)(C(=O)OC)[C@H](OC(C)=O)[C@]5(CC)C=CCN6CC[C@]43[C@@H]65)C2)C1. The molecule has 14 nitrogen and oxygen atoms in total. The van der Waals surface area contributed by atoms with Crippen LogP contribution in [-0.4, -0.2) is 134 Å². The summed E-state index contributed by atoms with van der Waals surface area (Å²) in [6.07, 6.45) is 5.94. The third kappa shape index (κ3) is 6.38. The molecule has 4 aromatic rings. The number of aliphatic hydroxyl groups is 1. The molecule has 5 aliphatic heterocycles. The molecule has 1 aromatic heterocycles. The molecule has 68 heavy (non-hydrogen) atoms. The largest absolute Gasteiger partial charge is 0.496 e. The van der Waals surface area contributed by atoms with Crippen LogP contribution in [0.4, 0.5) is 5.69 Å².